The molecule has 0 fully saturated rings. The second-order valence-corrected chi connectivity index (χ2v) is 5.10. The van der Waals surface area contributed by atoms with E-state index in [0.29, 0.717) is 12.8 Å². The van der Waals surface area contributed by atoms with Gasteiger partial charge in [-0.2, -0.15) is 0 Å². The standard InChI is InChI=1S/C17H16N2O2/c1-13-12-14-6-2-3-11-17(14)18(13)15-7-4-9-16(19(20)21)10-5-8-15/h2-4,6,8-12H,5,7H2,1H3/b9-4-,15-8+,16-10?. The summed E-state index contributed by atoms with van der Waals surface area (Å²) in [4.78, 5) is 10.5. The van der Waals surface area contributed by atoms with Crippen molar-refractivity contribution in [1.29, 1.82) is 0 Å². The lowest BCUT2D eigenvalue weighted by Crippen LogP contribution is -2.01. The van der Waals surface area contributed by atoms with Gasteiger partial charge in [-0.1, -0.05) is 30.4 Å². The van der Waals surface area contributed by atoms with Gasteiger partial charge < -0.3 is 4.57 Å². The van der Waals surface area contributed by atoms with E-state index in [-0.39, 0.29) is 10.6 Å². The average Bonchev–Trinajstić information content (AvgIpc) is 2.74. The molecule has 0 unspecified atom stereocenters. The molecule has 1 aromatic carbocycles. The number of aryl methyl sites for hydroxylation is 1. The van der Waals surface area contributed by atoms with E-state index in [1.54, 1.807) is 12.2 Å². The molecule has 0 radical (unpaired) electrons. The SMILES string of the molecule is Cc1cc2ccccc2n1/C1=C/CC=C([N+](=O)[O-])/C=C\C1. The second kappa shape index (κ2) is 5.40. The molecule has 0 bridgehead atoms. The Balaban J connectivity index is 2.04. The fourth-order valence-corrected chi connectivity index (χ4v) is 2.76. The van der Waals surface area contributed by atoms with E-state index in [0.717, 1.165) is 5.70 Å². The smallest absolute Gasteiger partial charge is 0.265 e. The zero-order valence-electron chi connectivity index (χ0n) is 11.8. The van der Waals surface area contributed by atoms with Gasteiger partial charge in [-0.15, -0.1) is 0 Å². The summed E-state index contributed by atoms with van der Waals surface area (Å²) in [7, 11) is 0. The number of benzene rings is 1. The quantitative estimate of drug-likeness (QED) is 0.608. The van der Waals surface area contributed by atoms with Crippen LogP contribution in [-0.4, -0.2) is 9.49 Å². The molecule has 0 amide bonds. The van der Waals surface area contributed by atoms with E-state index >= 15 is 0 Å². The van der Waals surface area contributed by atoms with Crippen LogP contribution in [-0.2, 0) is 0 Å². The van der Waals surface area contributed by atoms with Crippen LogP contribution in [0.15, 0.2) is 60.3 Å². The molecule has 1 heterocycles. The van der Waals surface area contributed by atoms with Crippen molar-refractivity contribution in [2.45, 2.75) is 19.8 Å². The molecule has 4 nitrogen and oxygen atoms in total. The van der Waals surface area contributed by atoms with Gasteiger partial charge in [0.2, 0.25) is 0 Å². The van der Waals surface area contributed by atoms with E-state index in [1.807, 2.05) is 18.2 Å². The van der Waals surface area contributed by atoms with E-state index in [4.69, 9.17) is 0 Å². The van der Waals surface area contributed by atoms with Crippen molar-refractivity contribution >= 4 is 16.6 Å². The first kappa shape index (κ1) is 13.4. The molecular formula is C17H16N2O2. The summed E-state index contributed by atoms with van der Waals surface area (Å²) in [6, 6.07) is 10.4. The molecule has 1 aliphatic carbocycles. The molecule has 21 heavy (non-hydrogen) atoms. The fraction of sp³-hybridized carbons (Fsp3) is 0.176. The zero-order chi connectivity index (χ0) is 14.8. The summed E-state index contributed by atoms with van der Waals surface area (Å²) >= 11 is 0. The molecule has 4 heteroatoms. The first-order valence-corrected chi connectivity index (χ1v) is 6.94. The van der Waals surface area contributed by atoms with Crippen molar-refractivity contribution < 1.29 is 4.92 Å². The number of nitro groups is 1. The number of hydrogen-bond acceptors (Lipinski definition) is 2. The molecule has 0 spiro atoms. The Bertz CT molecular complexity index is 794. The lowest BCUT2D eigenvalue weighted by atomic mass is 10.1. The van der Waals surface area contributed by atoms with Crippen molar-refractivity contribution in [3.05, 3.63) is 76.1 Å². The molecule has 1 aromatic heterocycles. The maximum absolute atomic E-state index is 10.8. The number of rotatable bonds is 2. The predicted molar refractivity (Wildman–Crippen MR) is 84.4 cm³/mol. The van der Waals surface area contributed by atoms with Crippen molar-refractivity contribution in [1.82, 2.24) is 4.57 Å². The molecule has 0 atom stereocenters. The second-order valence-electron chi connectivity index (χ2n) is 5.10. The van der Waals surface area contributed by atoms with Crippen molar-refractivity contribution in [2.24, 2.45) is 0 Å². The third kappa shape index (κ3) is 2.52. The Morgan fingerprint density at radius 2 is 2.05 bits per heavy atom. The van der Waals surface area contributed by atoms with Crippen molar-refractivity contribution in [3.8, 4) is 0 Å². The van der Waals surface area contributed by atoms with Crippen LogP contribution in [0.25, 0.3) is 16.6 Å². The summed E-state index contributed by atoms with van der Waals surface area (Å²) in [5.74, 6) is 0. The Hall–Kier alpha value is -2.62. The zero-order valence-corrected chi connectivity index (χ0v) is 11.8. The third-order valence-corrected chi connectivity index (χ3v) is 3.69. The van der Waals surface area contributed by atoms with E-state index in [2.05, 4.69) is 35.8 Å². The number of nitrogens with zero attached hydrogens (tertiary/aromatic N) is 2. The molecule has 0 N–H and O–H groups in total. The van der Waals surface area contributed by atoms with Crippen molar-refractivity contribution in [2.75, 3.05) is 0 Å². The van der Waals surface area contributed by atoms with Gasteiger partial charge >= 0.3 is 0 Å². The highest BCUT2D eigenvalue weighted by atomic mass is 16.6. The van der Waals surface area contributed by atoms with Crippen LogP contribution in [0.2, 0.25) is 0 Å². The topological polar surface area (TPSA) is 48.1 Å². The molecule has 0 saturated carbocycles. The minimum atomic E-state index is -0.342. The van der Waals surface area contributed by atoms with Gasteiger partial charge in [0, 0.05) is 29.3 Å². The first-order chi connectivity index (χ1) is 10.2. The maximum atomic E-state index is 10.8. The van der Waals surface area contributed by atoms with Crippen LogP contribution >= 0.6 is 0 Å². The van der Waals surface area contributed by atoms with Gasteiger partial charge in [-0.3, -0.25) is 10.1 Å². The van der Waals surface area contributed by atoms with E-state index in [1.165, 1.54) is 16.6 Å². The van der Waals surface area contributed by atoms with Crippen LogP contribution in [0.3, 0.4) is 0 Å². The monoisotopic (exact) mass is 280 g/mol. The van der Waals surface area contributed by atoms with Crippen LogP contribution in [0.1, 0.15) is 18.5 Å². The summed E-state index contributed by atoms with van der Waals surface area (Å²) in [5, 5.41) is 12.0. The van der Waals surface area contributed by atoms with Gasteiger partial charge in [0.15, 0.2) is 0 Å². The molecule has 1 aliphatic rings. The lowest BCUT2D eigenvalue weighted by molar-refractivity contribution is -0.419. The van der Waals surface area contributed by atoms with Gasteiger partial charge in [-0.05, 0) is 31.6 Å². The van der Waals surface area contributed by atoms with Gasteiger partial charge in [0.1, 0.15) is 0 Å². The van der Waals surface area contributed by atoms with Gasteiger partial charge in [-0.25, -0.2) is 0 Å². The number of aromatic nitrogens is 1. The van der Waals surface area contributed by atoms with Gasteiger partial charge in [0.05, 0.1) is 10.4 Å². The number of para-hydroxylation sites is 1. The summed E-state index contributed by atoms with van der Waals surface area (Å²) in [6.07, 6.45) is 8.41. The third-order valence-electron chi connectivity index (χ3n) is 3.69. The van der Waals surface area contributed by atoms with Crippen LogP contribution < -0.4 is 0 Å². The van der Waals surface area contributed by atoms with Crippen LogP contribution in [0.5, 0.6) is 0 Å². The van der Waals surface area contributed by atoms with E-state index in [9.17, 15) is 10.1 Å². The highest BCUT2D eigenvalue weighted by molar-refractivity contribution is 5.85. The number of allylic oxidation sites excluding steroid dienone is 5. The Labute approximate surface area is 122 Å². The highest BCUT2D eigenvalue weighted by Gasteiger charge is 2.11. The summed E-state index contributed by atoms with van der Waals surface area (Å²) < 4.78 is 2.23. The molecule has 0 saturated heterocycles. The molecule has 0 aliphatic heterocycles. The van der Waals surface area contributed by atoms with Gasteiger partial charge in [0.25, 0.3) is 5.70 Å². The number of hydrogen-bond donors (Lipinski definition) is 0. The van der Waals surface area contributed by atoms with Crippen molar-refractivity contribution in [3.63, 3.8) is 0 Å². The molecular weight excluding hydrogens is 264 g/mol. The lowest BCUT2D eigenvalue weighted by Gasteiger charge is -2.12. The Morgan fingerprint density at radius 3 is 2.86 bits per heavy atom. The highest BCUT2D eigenvalue weighted by Crippen LogP contribution is 2.26. The number of fused-ring (bicyclic) bond motifs is 1. The predicted octanol–water partition coefficient (Wildman–Crippen LogP) is 4.30. The average molecular weight is 280 g/mol. The molecule has 3 rings (SSSR count). The minimum absolute atomic E-state index is 0.166. The minimum Gasteiger partial charge on any atom is -0.318 e. The fourth-order valence-electron chi connectivity index (χ4n) is 2.76. The van der Waals surface area contributed by atoms with E-state index < -0.39 is 0 Å². The maximum Gasteiger partial charge on any atom is 0.265 e. The van der Waals surface area contributed by atoms with Crippen LogP contribution in [0.4, 0.5) is 0 Å². The summed E-state index contributed by atoms with van der Waals surface area (Å²) in [6.45, 7) is 2.08. The first-order valence-electron chi connectivity index (χ1n) is 6.94. The molecule has 106 valence electrons. The largest absolute Gasteiger partial charge is 0.318 e. The Kier molecular flexibility index (Phi) is 3.44. The Morgan fingerprint density at radius 1 is 1.24 bits per heavy atom. The normalized spacial score (nSPS) is 19.3. The molecule has 2 aromatic rings. The summed E-state index contributed by atoms with van der Waals surface area (Å²) in [5.41, 5.74) is 3.67. The van der Waals surface area contributed by atoms with Crippen LogP contribution in [0, 0.1) is 17.0 Å².